The molecule has 1 heterocycles. The Morgan fingerprint density at radius 1 is 1.23 bits per heavy atom. The summed E-state index contributed by atoms with van der Waals surface area (Å²) in [6, 6.07) is 8.28. The fourth-order valence-electron chi connectivity index (χ4n) is 1.41. The van der Waals surface area contributed by atoms with Crippen LogP contribution in [0, 0.1) is 6.92 Å². The molecular weight excluding hydrogens is 160 g/mol. The molecule has 1 aromatic heterocycles. The van der Waals surface area contributed by atoms with Gasteiger partial charge in [0, 0.05) is 18.8 Å². The van der Waals surface area contributed by atoms with Crippen LogP contribution in [0.15, 0.2) is 36.8 Å². The molecule has 0 bridgehead atoms. The predicted octanol–water partition coefficient (Wildman–Crippen LogP) is 2.40. The Bertz CT molecular complexity index is 416. The van der Waals surface area contributed by atoms with Gasteiger partial charge in [-0.05, 0) is 12.5 Å². The lowest BCUT2D eigenvalue weighted by molar-refractivity contribution is 0.913. The summed E-state index contributed by atoms with van der Waals surface area (Å²) in [4.78, 5) is 4.31. The largest absolute Gasteiger partial charge is 0.340 e. The van der Waals surface area contributed by atoms with Gasteiger partial charge in [-0.3, -0.25) is 0 Å². The van der Waals surface area contributed by atoms with Crippen molar-refractivity contribution < 1.29 is 0 Å². The number of benzene rings is 1. The summed E-state index contributed by atoms with van der Waals surface area (Å²) in [6.45, 7) is 2.10. The molecule has 0 fully saturated rings. The lowest BCUT2D eigenvalue weighted by Gasteiger charge is -2.00. The average molecular weight is 172 g/mol. The first-order valence-electron chi connectivity index (χ1n) is 4.31. The lowest BCUT2D eigenvalue weighted by Crippen LogP contribution is -1.82. The Balaban J connectivity index is 2.52. The zero-order valence-electron chi connectivity index (χ0n) is 7.86. The molecule has 2 heteroatoms. The summed E-state index contributed by atoms with van der Waals surface area (Å²) in [5.41, 5.74) is 3.52. The SMILES string of the molecule is Cc1ccccc1-c1cn(C)cn1. The molecule has 0 spiro atoms. The third kappa shape index (κ3) is 1.47. The number of aryl methyl sites for hydroxylation is 2. The van der Waals surface area contributed by atoms with E-state index in [4.69, 9.17) is 0 Å². The second-order valence-corrected chi connectivity index (χ2v) is 3.24. The molecule has 13 heavy (non-hydrogen) atoms. The molecule has 0 radical (unpaired) electrons. The first-order valence-corrected chi connectivity index (χ1v) is 4.31. The Morgan fingerprint density at radius 2 is 2.00 bits per heavy atom. The minimum atomic E-state index is 1.04. The molecule has 2 nitrogen and oxygen atoms in total. The van der Waals surface area contributed by atoms with Crippen molar-refractivity contribution in [2.24, 2.45) is 7.05 Å². The fourth-order valence-corrected chi connectivity index (χ4v) is 1.41. The highest BCUT2D eigenvalue weighted by Gasteiger charge is 2.02. The first kappa shape index (κ1) is 8.05. The molecule has 0 aliphatic heterocycles. The maximum Gasteiger partial charge on any atom is 0.0951 e. The summed E-state index contributed by atoms with van der Waals surface area (Å²) in [5.74, 6) is 0. The number of imidazole rings is 1. The standard InChI is InChI=1S/C11H12N2/c1-9-5-3-4-6-10(9)11-7-13(2)8-12-11/h3-8H,1-2H3. The van der Waals surface area contributed by atoms with Gasteiger partial charge in [0.05, 0.1) is 12.0 Å². The Hall–Kier alpha value is -1.57. The van der Waals surface area contributed by atoms with E-state index < -0.39 is 0 Å². The maximum absolute atomic E-state index is 4.31. The molecule has 0 atom stereocenters. The van der Waals surface area contributed by atoms with Gasteiger partial charge in [-0.1, -0.05) is 24.3 Å². The van der Waals surface area contributed by atoms with Crippen LogP contribution in [-0.4, -0.2) is 9.55 Å². The Morgan fingerprint density at radius 3 is 2.62 bits per heavy atom. The summed E-state index contributed by atoms with van der Waals surface area (Å²) in [7, 11) is 1.98. The quantitative estimate of drug-likeness (QED) is 0.645. The third-order valence-electron chi connectivity index (χ3n) is 2.13. The fraction of sp³-hybridized carbons (Fsp3) is 0.182. The highest BCUT2D eigenvalue weighted by Crippen LogP contribution is 2.20. The second-order valence-electron chi connectivity index (χ2n) is 3.24. The van der Waals surface area contributed by atoms with Gasteiger partial charge >= 0.3 is 0 Å². The van der Waals surface area contributed by atoms with Crippen LogP contribution >= 0.6 is 0 Å². The normalized spacial score (nSPS) is 10.3. The molecule has 0 saturated carbocycles. The van der Waals surface area contributed by atoms with E-state index in [1.54, 1.807) is 0 Å². The molecule has 2 rings (SSSR count). The van der Waals surface area contributed by atoms with Crippen LogP contribution in [0.4, 0.5) is 0 Å². The van der Waals surface area contributed by atoms with Gasteiger partial charge in [0.15, 0.2) is 0 Å². The smallest absolute Gasteiger partial charge is 0.0951 e. The number of hydrogen-bond acceptors (Lipinski definition) is 1. The van der Waals surface area contributed by atoms with Crippen LogP contribution in [-0.2, 0) is 7.05 Å². The van der Waals surface area contributed by atoms with E-state index in [0.29, 0.717) is 0 Å². The zero-order valence-corrected chi connectivity index (χ0v) is 7.86. The molecule has 0 unspecified atom stereocenters. The molecule has 0 aliphatic rings. The summed E-state index contributed by atoms with van der Waals surface area (Å²) < 4.78 is 1.96. The van der Waals surface area contributed by atoms with E-state index in [9.17, 15) is 0 Å². The highest BCUT2D eigenvalue weighted by atomic mass is 15.0. The number of aromatic nitrogens is 2. The lowest BCUT2D eigenvalue weighted by atomic mass is 10.1. The van der Waals surface area contributed by atoms with Crippen molar-refractivity contribution >= 4 is 0 Å². The van der Waals surface area contributed by atoms with Crippen molar-refractivity contribution in [1.29, 1.82) is 0 Å². The summed E-state index contributed by atoms with van der Waals surface area (Å²) in [5, 5.41) is 0. The van der Waals surface area contributed by atoms with Crippen molar-refractivity contribution in [2.75, 3.05) is 0 Å². The van der Waals surface area contributed by atoms with Gasteiger partial charge in [0.25, 0.3) is 0 Å². The van der Waals surface area contributed by atoms with Crippen molar-refractivity contribution in [3.05, 3.63) is 42.4 Å². The Labute approximate surface area is 77.9 Å². The second kappa shape index (κ2) is 3.05. The van der Waals surface area contributed by atoms with E-state index in [1.807, 2.05) is 36.3 Å². The monoisotopic (exact) mass is 172 g/mol. The molecule has 0 amide bonds. The highest BCUT2D eigenvalue weighted by molar-refractivity contribution is 5.62. The number of rotatable bonds is 1. The van der Waals surface area contributed by atoms with Gasteiger partial charge < -0.3 is 4.57 Å². The van der Waals surface area contributed by atoms with Crippen molar-refractivity contribution in [2.45, 2.75) is 6.92 Å². The predicted molar refractivity (Wildman–Crippen MR) is 53.4 cm³/mol. The van der Waals surface area contributed by atoms with E-state index >= 15 is 0 Å². The molecule has 0 N–H and O–H groups in total. The van der Waals surface area contributed by atoms with Crippen LogP contribution in [0.5, 0.6) is 0 Å². The third-order valence-corrected chi connectivity index (χ3v) is 2.13. The van der Waals surface area contributed by atoms with Gasteiger partial charge in [-0.2, -0.15) is 0 Å². The summed E-state index contributed by atoms with van der Waals surface area (Å²) >= 11 is 0. The van der Waals surface area contributed by atoms with E-state index in [1.165, 1.54) is 11.1 Å². The number of nitrogens with zero attached hydrogens (tertiary/aromatic N) is 2. The molecular formula is C11H12N2. The zero-order chi connectivity index (χ0) is 9.26. The van der Waals surface area contributed by atoms with Crippen molar-refractivity contribution in [3.63, 3.8) is 0 Å². The van der Waals surface area contributed by atoms with Crippen LogP contribution in [0.25, 0.3) is 11.3 Å². The van der Waals surface area contributed by atoms with Crippen LogP contribution in [0.1, 0.15) is 5.56 Å². The van der Waals surface area contributed by atoms with Crippen LogP contribution in [0.3, 0.4) is 0 Å². The number of hydrogen-bond donors (Lipinski definition) is 0. The van der Waals surface area contributed by atoms with Gasteiger partial charge in [-0.15, -0.1) is 0 Å². The minimum absolute atomic E-state index is 1.04. The van der Waals surface area contributed by atoms with Gasteiger partial charge in [-0.25, -0.2) is 4.98 Å². The van der Waals surface area contributed by atoms with Crippen molar-refractivity contribution in [1.82, 2.24) is 9.55 Å². The Kier molecular flexibility index (Phi) is 1.89. The topological polar surface area (TPSA) is 17.8 Å². The van der Waals surface area contributed by atoms with Gasteiger partial charge in [0.2, 0.25) is 0 Å². The van der Waals surface area contributed by atoms with Crippen LogP contribution in [0.2, 0.25) is 0 Å². The van der Waals surface area contributed by atoms with E-state index in [2.05, 4.69) is 24.0 Å². The van der Waals surface area contributed by atoms with E-state index in [-0.39, 0.29) is 0 Å². The average Bonchev–Trinajstić information content (AvgIpc) is 2.53. The van der Waals surface area contributed by atoms with E-state index in [0.717, 1.165) is 5.69 Å². The van der Waals surface area contributed by atoms with Crippen molar-refractivity contribution in [3.8, 4) is 11.3 Å². The first-order chi connectivity index (χ1) is 6.27. The summed E-state index contributed by atoms with van der Waals surface area (Å²) in [6.07, 6.45) is 3.85. The molecule has 66 valence electrons. The molecule has 0 saturated heterocycles. The maximum atomic E-state index is 4.31. The minimum Gasteiger partial charge on any atom is -0.340 e. The molecule has 2 aromatic rings. The van der Waals surface area contributed by atoms with Gasteiger partial charge in [0.1, 0.15) is 0 Å². The molecule has 1 aromatic carbocycles. The van der Waals surface area contributed by atoms with Crippen LogP contribution < -0.4 is 0 Å². The molecule has 0 aliphatic carbocycles.